The van der Waals surface area contributed by atoms with Crippen molar-refractivity contribution in [2.75, 3.05) is 16.8 Å². The lowest BCUT2D eigenvalue weighted by Crippen LogP contribution is -3.19. The fourth-order valence-corrected chi connectivity index (χ4v) is 6.26. The lowest BCUT2D eigenvalue weighted by molar-refractivity contribution is -0.948. The van der Waals surface area contributed by atoms with Gasteiger partial charge in [0.25, 0.3) is 5.91 Å². The number of nitrogens with one attached hydrogen (secondary N) is 2. The fraction of sp³-hybridized carbons (Fsp3) is 0.318. The fourth-order valence-electron chi connectivity index (χ4n) is 6.26. The third-order valence-electron chi connectivity index (χ3n) is 7.21. The quantitative estimate of drug-likeness (QED) is 0.707. The zero-order chi connectivity index (χ0) is 19.9. The van der Waals surface area contributed by atoms with Crippen molar-refractivity contribution in [3.63, 3.8) is 0 Å². The first-order valence-electron chi connectivity index (χ1n) is 9.95. The van der Waals surface area contributed by atoms with Crippen LogP contribution in [0.25, 0.3) is 0 Å². The SMILES string of the molecule is O=C1[C@@H]2[C@H]3CCC[NH+]3[C@@]3(C(=O)Nc4ccccc43)[C@@H]2C(=O)N1c1ccc(F)cc1. The molecule has 0 saturated carbocycles. The number of para-hydroxylation sites is 1. The molecule has 0 aliphatic carbocycles. The highest BCUT2D eigenvalue weighted by Crippen LogP contribution is 2.52. The minimum atomic E-state index is -1.08. The molecule has 0 bridgehead atoms. The van der Waals surface area contributed by atoms with Crippen LogP contribution in [0.3, 0.4) is 0 Å². The van der Waals surface area contributed by atoms with Crippen molar-refractivity contribution in [3.05, 3.63) is 59.9 Å². The van der Waals surface area contributed by atoms with Gasteiger partial charge in [-0.3, -0.25) is 14.4 Å². The first-order chi connectivity index (χ1) is 14.0. The van der Waals surface area contributed by atoms with E-state index >= 15 is 0 Å². The molecule has 5 atom stereocenters. The number of quaternary nitrogens is 1. The van der Waals surface area contributed by atoms with Crippen LogP contribution < -0.4 is 15.1 Å². The van der Waals surface area contributed by atoms with E-state index in [4.69, 9.17) is 0 Å². The molecule has 4 heterocycles. The molecule has 1 spiro atoms. The molecule has 29 heavy (non-hydrogen) atoms. The predicted molar refractivity (Wildman–Crippen MR) is 101 cm³/mol. The maximum atomic E-state index is 13.6. The van der Waals surface area contributed by atoms with E-state index < -0.39 is 23.2 Å². The number of nitrogens with zero attached hydrogens (tertiary/aromatic N) is 1. The molecule has 3 amide bonds. The summed E-state index contributed by atoms with van der Waals surface area (Å²) < 4.78 is 13.4. The first-order valence-corrected chi connectivity index (χ1v) is 9.95. The number of rotatable bonds is 1. The van der Waals surface area contributed by atoms with E-state index in [9.17, 15) is 18.8 Å². The summed E-state index contributed by atoms with van der Waals surface area (Å²) in [6.45, 7) is 0.760. The molecule has 7 heteroatoms. The number of halogens is 1. The molecule has 3 fully saturated rings. The normalized spacial score (nSPS) is 34.5. The van der Waals surface area contributed by atoms with E-state index in [0.29, 0.717) is 5.69 Å². The third-order valence-corrected chi connectivity index (χ3v) is 7.21. The van der Waals surface area contributed by atoms with Crippen LogP contribution in [0.4, 0.5) is 15.8 Å². The smallest absolute Gasteiger partial charge is 0.291 e. The number of hydrogen-bond acceptors (Lipinski definition) is 3. The molecule has 2 aromatic rings. The standard InChI is InChI=1S/C22H18FN3O3/c23-12-7-9-13(10-8-12)26-19(27)17-16-6-3-11-25(16)22(18(17)20(26)28)14-4-1-2-5-15(14)24-21(22)29/h1-2,4-5,7-10,16-18H,3,6,11H2,(H,24,29)/p+1/t16-,17-,18+,22-/m1/s1. The Balaban J connectivity index is 1.55. The lowest BCUT2D eigenvalue weighted by Gasteiger charge is -2.33. The molecule has 146 valence electrons. The van der Waals surface area contributed by atoms with E-state index in [0.717, 1.165) is 35.5 Å². The van der Waals surface area contributed by atoms with Crippen molar-refractivity contribution >= 4 is 29.1 Å². The summed E-state index contributed by atoms with van der Waals surface area (Å²) in [7, 11) is 0. The molecular formula is C22H19FN3O3+. The second-order valence-electron chi connectivity index (χ2n) is 8.32. The zero-order valence-electron chi connectivity index (χ0n) is 15.5. The number of anilines is 2. The Kier molecular flexibility index (Phi) is 3.20. The molecular weight excluding hydrogens is 373 g/mol. The van der Waals surface area contributed by atoms with Gasteiger partial charge in [-0.1, -0.05) is 18.2 Å². The van der Waals surface area contributed by atoms with Gasteiger partial charge in [-0.15, -0.1) is 0 Å². The Morgan fingerprint density at radius 2 is 1.79 bits per heavy atom. The zero-order valence-corrected chi connectivity index (χ0v) is 15.5. The van der Waals surface area contributed by atoms with Crippen LogP contribution in [-0.4, -0.2) is 30.3 Å². The van der Waals surface area contributed by atoms with Crippen molar-refractivity contribution in [2.24, 2.45) is 11.8 Å². The summed E-state index contributed by atoms with van der Waals surface area (Å²) in [5.41, 5.74) is 0.805. The van der Waals surface area contributed by atoms with E-state index in [-0.39, 0.29) is 23.8 Å². The molecule has 6 rings (SSSR count). The minimum absolute atomic E-state index is 0.0706. The summed E-state index contributed by atoms with van der Waals surface area (Å²) in [6.07, 6.45) is 1.72. The maximum Gasteiger partial charge on any atom is 0.291 e. The molecule has 2 aromatic carbocycles. The number of carbonyl (C=O) groups is 3. The summed E-state index contributed by atoms with van der Waals surface area (Å²) >= 11 is 0. The molecule has 4 aliphatic heterocycles. The van der Waals surface area contributed by atoms with Crippen LogP contribution in [0.2, 0.25) is 0 Å². The largest absolute Gasteiger partial charge is 0.320 e. The number of hydrogen-bond donors (Lipinski definition) is 2. The highest BCUT2D eigenvalue weighted by Gasteiger charge is 2.78. The van der Waals surface area contributed by atoms with Crippen LogP contribution in [-0.2, 0) is 19.9 Å². The van der Waals surface area contributed by atoms with Crippen molar-refractivity contribution in [3.8, 4) is 0 Å². The number of benzene rings is 2. The van der Waals surface area contributed by atoms with Gasteiger partial charge in [0.1, 0.15) is 23.7 Å². The molecule has 0 radical (unpaired) electrons. The van der Waals surface area contributed by atoms with Gasteiger partial charge < -0.3 is 10.2 Å². The lowest BCUT2D eigenvalue weighted by atomic mass is 9.75. The number of imide groups is 1. The molecule has 0 aromatic heterocycles. The highest BCUT2D eigenvalue weighted by atomic mass is 19.1. The van der Waals surface area contributed by atoms with Gasteiger partial charge in [0.2, 0.25) is 17.4 Å². The Hall–Kier alpha value is -3.06. The van der Waals surface area contributed by atoms with Gasteiger partial charge in [-0.05, 0) is 30.3 Å². The van der Waals surface area contributed by atoms with Crippen LogP contribution in [0.1, 0.15) is 18.4 Å². The minimum Gasteiger partial charge on any atom is -0.320 e. The second-order valence-corrected chi connectivity index (χ2v) is 8.32. The molecule has 6 nitrogen and oxygen atoms in total. The van der Waals surface area contributed by atoms with Crippen molar-refractivity contribution in [1.29, 1.82) is 0 Å². The molecule has 2 N–H and O–H groups in total. The number of fused-ring (bicyclic) bond motifs is 7. The Morgan fingerprint density at radius 1 is 1.03 bits per heavy atom. The van der Waals surface area contributed by atoms with Gasteiger partial charge in [0.15, 0.2) is 0 Å². The van der Waals surface area contributed by atoms with Crippen molar-refractivity contribution in [1.82, 2.24) is 0 Å². The number of amides is 3. The van der Waals surface area contributed by atoms with Gasteiger partial charge in [-0.25, -0.2) is 9.29 Å². The van der Waals surface area contributed by atoms with E-state index in [1.165, 1.54) is 29.2 Å². The van der Waals surface area contributed by atoms with E-state index in [1.54, 1.807) is 0 Å². The number of carbonyl (C=O) groups excluding carboxylic acids is 3. The third kappa shape index (κ3) is 1.86. The Bertz CT molecular complexity index is 1080. The van der Waals surface area contributed by atoms with Crippen molar-refractivity contribution < 1.29 is 23.7 Å². The summed E-state index contributed by atoms with van der Waals surface area (Å²) in [5.74, 6) is -2.55. The van der Waals surface area contributed by atoms with Crippen LogP contribution >= 0.6 is 0 Å². The first kappa shape index (κ1) is 16.9. The topological polar surface area (TPSA) is 70.9 Å². The average molecular weight is 392 g/mol. The van der Waals surface area contributed by atoms with Gasteiger partial charge >= 0.3 is 0 Å². The van der Waals surface area contributed by atoms with Gasteiger partial charge in [-0.2, -0.15) is 0 Å². The molecule has 4 aliphatic rings. The van der Waals surface area contributed by atoms with E-state index in [1.807, 2.05) is 24.3 Å². The van der Waals surface area contributed by atoms with Crippen LogP contribution in [0, 0.1) is 17.7 Å². The predicted octanol–water partition coefficient (Wildman–Crippen LogP) is 0.840. The Morgan fingerprint density at radius 3 is 2.59 bits per heavy atom. The summed E-state index contributed by atoms with van der Waals surface area (Å²) in [6, 6.07) is 12.8. The molecule has 3 saturated heterocycles. The summed E-state index contributed by atoms with van der Waals surface area (Å²) in [5, 5.41) is 2.96. The highest BCUT2D eigenvalue weighted by molar-refractivity contribution is 6.25. The van der Waals surface area contributed by atoms with Crippen molar-refractivity contribution in [2.45, 2.75) is 24.4 Å². The van der Waals surface area contributed by atoms with Gasteiger partial charge in [0, 0.05) is 18.4 Å². The van der Waals surface area contributed by atoms with Crippen LogP contribution in [0.15, 0.2) is 48.5 Å². The average Bonchev–Trinajstić information content (AvgIpc) is 3.41. The monoisotopic (exact) mass is 392 g/mol. The molecule has 1 unspecified atom stereocenters. The summed E-state index contributed by atoms with van der Waals surface area (Å²) in [4.78, 5) is 42.7. The van der Waals surface area contributed by atoms with Crippen LogP contribution in [0.5, 0.6) is 0 Å². The van der Waals surface area contributed by atoms with E-state index in [2.05, 4.69) is 5.32 Å². The second kappa shape index (κ2) is 5.51. The maximum absolute atomic E-state index is 13.6. The van der Waals surface area contributed by atoms with Gasteiger partial charge in [0.05, 0.1) is 17.9 Å². The Labute approximate surface area is 166 Å².